The van der Waals surface area contributed by atoms with Crippen molar-refractivity contribution in [3.63, 3.8) is 0 Å². The molecule has 0 aliphatic rings. The van der Waals surface area contributed by atoms with Crippen LogP contribution >= 0.6 is 0 Å². The molecule has 10 heteroatoms. The highest BCUT2D eigenvalue weighted by Gasteiger charge is 2.37. The van der Waals surface area contributed by atoms with Gasteiger partial charge in [-0.1, -0.05) is 36.4 Å². The maximum absolute atomic E-state index is 13.2. The van der Waals surface area contributed by atoms with Gasteiger partial charge in [0.2, 0.25) is 0 Å². The van der Waals surface area contributed by atoms with Gasteiger partial charge >= 0.3 is 6.18 Å². The number of alkyl halides is 3. The monoisotopic (exact) mass is 423 g/mol. The van der Waals surface area contributed by atoms with E-state index in [1.807, 2.05) is 0 Å². The molecule has 0 aliphatic heterocycles. The summed E-state index contributed by atoms with van der Waals surface area (Å²) >= 11 is 0. The number of halogens is 3. The van der Waals surface area contributed by atoms with Crippen molar-refractivity contribution < 1.29 is 26.3 Å². The Hall–Kier alpha value is -2.98. The fourth-order valence-electron chi connectivity index (χ4n) is 2.67. The van der Waals surface area contributed by atoms with Crippen molar-refractivity contribution in [3.05, 3.63) is 72.1 Å². The van der Waals surface area contributed by atoms with E-state index >= 15 is 0 Å². The predicted octanol–water partition coefficient (Wildman–Crippen LogP) is 4.11. The third-order valence-electron chi connectivity index (χ3n) is 3.95. The van der Waals surface area contributed by atoms with Gasteiger partial charge in [-0.25, -0.2) is 13.4 Å². The third-order valence-corrected chi connectivity index (χ3v) is 5.35. The number of hydrogen-bond donors (Lipinski definition) is 1. The number of sulfonamides is 1. The number of ether oxygens (including phenoxy) is 1. The predicted molar refractivity (Wildman–Crippen MR) is 100 cm³/mol. The smallest absolute Gasteiger partial charge is 0.380 e. The minimum absolute atomic E-state index is 0.177. The van der Waals surface area contributed by atoms with Crippen LogP contribution in [-0.4, -0.2) is 25.5 Å². The van der Waals surface area contributed by atoms with Gasteiger partial charge in [0.1, 0.15) is 5.69 Å². The molecule has 0 atom stereocenters. The Balaban J connectivity index is 2.00. The average molecular weight is 423 g/mol. The molecular weight excluding hydrogens is 407 g/mol. The van der Waals surface area contributed by atoms with Gasteiger partial charge in [0.25, 0.3) is 10.0 Å². The fourth-order valence-corrected chi connectivity index (χ4v) is 3.91. The zero-order valence-corrected chi connectivity index (χ0v) is 16.0. The number of benzene rings is 2. The van der Waals surface area contributed by atoms with Crippen LogP contribution in [0.1, 0.15) is 11.1 Å². The molecule has 0 saturated carbocycles. The van der Waals surface area contributed by atoms with Crippen molar-refractivity contribution >= 4 is 15.8 Å². The number of anilines is 1. The maximum Gasteiger partial charge on any atom is 0.417 e. The van der Waals surface area contributed by atoms with E-state index in [0.717, 1.165) is 17.7 Å². The van der Waals surface area contributed by atoms with Crippen LogP contribution < -0.4 is 4.72 Å². The average Bonchev–Trinajstić information content (AvgIpc) is 2.68. The first-order chi connectivity index (χ1) is 13.7. The van der Waals surface area contributed by atoms with E-state index < -0.39 is 26.7 Å². The normalized spacial score (nSPS) is 12.0. The van der Waals surface area contributed by atoms with Crippen molar-refractivity contribution in [1.29, 1.82) is 0 Å². The summed E-state index contributed by atoms with van der Waals surface area (Å²) < 4.78 is 72.3. The van der Waals surface area contributed by atoms with Crippen molar-refractivity contribution in [2.45, 2.75) is 17.7 Å². The molecule has 6 nitrogen and oxygen atoms in total. The molecule has 1 aromatic heterocycles. The molecule has 0 radical (unpaired) electrons. The van der Waals surface area contributed by atoms with Gasteiger partial charge in [-0.15, -0.1) is 0 Å². The standard InChI is InChI=1S/C19H16F3N3O3S/c1-28-12-13-6-8-14(9-7-13)17-18(24-11-10-23-17)25-29(26,27)16-5-3-2-4-15(16)19(20,21)22/h2-11H,12H2,1H3,(H,24,25). The second kappa shape index (κ2) is 8.18. The topological polar surface area (TPSA) is 81.2 Å². The van der Waals surface area contributed by atoms with Crippen LogP contribution in [0.15, 0.2) is 65.8 Å². The highest BCUT2D eigenvalue weighted by molar-refractivity contribution is 7.92. The Morgan fingerprint density at radius 3 is 2.31 bits per heavy atom. The fraction of sp³-hybridized carbons (Fsp3) is 0.158. The van der Waals surface area contributed by atoms with Gasteiger partial charge in [0.05, 0.1) is 17.1 Å². The quantitative estimate of drug-likeness (QED) is 0.645. The van der Waals surface area contributed by atoms with E-state index in [2.05, 4.69) is 14.7 Å². The second-order valence-corrected chi connectivity index (χ2v) is 7.63. The minimum atomic E-state index is -4.83. The van der Waals surface area contributed by atoms with E-state index in [1.165, 1.54) is 18.5 Å². The number of nitrogens with zero attached hydrogens (tertiary/aromatic N) is 2. The molecule has 0 saturated heterocycles. The molecule has 3 rings (SSSR count). The lowest BCUT2D eigenvalue weighted by molar-refractivity contribution is -0.139. The van der Waals surface area contributed by atoms with Gasteiger partial charge in [-0.05, 0) is 17.7 Å². The highest BCUT2D eigenvalue weighted by atomic mass is 32.2. The van der Waals surface area contributed by atoms with Crippen LogP contribution in [0.3, 0.4) is 0 Å². The number of rotatable bonds is 6. The molecule has 0 fully saturated rings. The Morgan fingerprint density at radius 1 is 1.00 bits per heavy atom. The van der Waals surface area contributed by atoms with E-state index in [4.69, 9.17) is 4.74 Å². The lowest BCUT2D eigenvalue weighted by atomic mass is 10.1. The molecule has 3 aromatic rings. The number of aromatic nitrogens is 2. The lowest BCUT2D eigenvalue weighted by Gasteiger charge is -2.15. The van der Waals surface area contributed by atoms with Gasteiger partial charge < -0.3 is 4.74 Å². The molecule has 0 spiro atoms. The van der Waals surface area contributed by atoms with E-state index in [0.29, 0.717) is 18.2 Å². The van der Waals surface area contributed by atoms with Crippen molar-refractivity contribution in [2.24, 2.45) is 0 Å². The Bertz CT molecular complexity index is 1100. The maximum atomic E-state index is 13.2. The zero-order valence-electron chi connectivity index (χ0n) is 15.1. The van der Waals surface area contributed by atoms with Crippen molar-refractivity contribution in [3.8, 4) is 11.3 Å². The highest BCUT2D eigenvalue weighted by Crippen LogP contribution is 2.35. The number of hydrogen-bond acceptors (Lipinski definition) is 5. The first kappa shape index (κ1) is 20.7. The number of nitrogens with one attached hydrogen (secondary N) is 1. The molecule has 0 amide bonds. The van der Waals surface area contributed by atoms with Crippen molar-refractivity contribution in [2.75, 3.05) is 11.8 Å². The van der Waals surface area contributed by atoms with Gasteiger partial charge in [-0.3, -0.25) is 9.71 Å². The van der Waals surface area contributed by atoms with Crippen LogP contribution in [0.25, 0.3) is 11.3 Å². The molecule has 0 unspecified atom stereocenters. The summed E-state index contributed by atoms with van der Waals surface area (Å²) in [6.07, 6.45) is -2.22. The van der Waals surface area contributed by atoms with Crippen LogP contribution in [0.2, 0.25) is 0 Å². The summed E-state index contributed by atoms with van der Waals surface area (Å²) in [6.45, 7) is 0.397. The first-order valence-electron chi connectivity index (χ1n) is 8.30. The molecule has 1 heterocycles. The Morgan fingerprint density at radius 2 is 1.66 bits per heavy atom. The zero-order chi connectivity index (χ0) is 21.1. The van der Waals surface area contributed by atoms with Crippen molar-refractivity contribution in [1.82, 2.24) is 9.97 Å². The summed E-state index contributed by atoms with van der Waals surface area (Å²) in [4.78, 5) is 7.20. The second-order valence-electron chi connectivity index (χ2n) is 5.98. The van der Waals surface area contributed by atoms with Crippen LogP contribution in [0, 0.1) is 0 Å². The molecule has 29 heavy (non-hydrogen) atoms. The third kappa shape index (κ3) is 4.72. The summed E-state index contributed by atoms with van der Waals surface area (Å²) in [5, 5.41) is 0. The molecule has 2 aromatic carbocycles. The van der Waals surface area contributed by atoms with E-state index in [-0.39, 0.29) is 11.5 Å². The summed E-state index contributed by atoms with van der Waals surface area (Å²) in [6, 6.07) is 10.9. The van der Waals surface area contributed by atoms with Crippen LogP contribution in [0.4, 0.5) is 19.0 Å². The summed E-state index contributed by atoms with van der Waals surface area (Å²) in [5.74, 6) is -0.177. The molecule has 152 valence electrons. The number of methoxy groups -OCH3 is 1. The van der Waals surface area contributed by atoms with Gasteiger partial charge in [0, 0.05) is 25.1 Å². The summed E-state index contributed by atoms with van der Waals surface area (Å²) in [5.41, 5.74) is 0.354. The SMILES string of the molecule is COCc1ccc(-c2nccnc2NS(=O)(=O)c2ccccc2C(F)(F)F)cc1. The first-order valence-corrected chi connectivity index (χ1v) is 9.79. The molecule has 0 aliphatic carbocycles. The molecule has 1 N–H and O–H groups in total. The van der Waals surface area contributed by atoms with E-state index in [1.54, 1.807) is 31.4 Å². The largest absolute Gasteiger partial charge is 0.417 e. The molecule has 0 bridgehead atoms. The summed E-state index contributed by atoms with van der Waals surface area (Å²) in [7, 11) is -3.01. The van der Waals surface area contributed by atoms with Gasteiger partial charge in [-0.2, -0.15) is 13.2 Å². The lowest BCUT2D eigenvalue weighted by Crippen LogP contribution is -2.20. The Labute approximate surface area is 165 Å². The minimum Gasteiger partial charge on any atom is -0.380 e. The Kier molecular flexibility index (Phi) is 5.85. The molecular formula is C19H16F3N3O3S. The van der Waals surface area contributed by atoms with E-state index in [9.17, 15) is 21.6 Å². The van der Waals surface area contributed by atoms with Crippen LogP contribution in [0.5, 0.6) is 0 Å². The van der Waals surface area contributed by atoms with Gasteiger partial charge in [0.15, 0.2) is 5.82 Å². The van der Waals surface area contributed by atoms with Crippen LogP contribution in [-0.2, 0) is 27.5 Å².